The Labute approximate surface area is 162 Å². The van der Waals surface area contributed by atoms with Crippen molar-refractivity contribution in [3.8, 4) is 0 Å². The van der Waals surface area contributed by atoms with Gasteiger partial charge in [-0.05, 0) is 37.8 Å². The SMILES string of the molecule is CCNC(=NCC(C)Sc1ccccc1)N1CCC(CC(=O)NC)CC1. The second-order valence-corrected chi connectivity index (χ2v) is 8.26. The molecule has 0 aromatic heterocycles. The molecule has 1 atom stereocenters. The molecule has 1 unspecified atom stereocenters. The fraction of sp³-hybridized carbons (Fsp3) is 0.600. The largest absolute Gasteiger partial charge is 0.359 e. The van der Waals surface area contributed by atoms with Gasteiger partial charge in [0.2, 0.25) is 5.91 Å². The number of amides is 1. The highest BCUT2D eigenvalue weighted by molar-refractivity contribution is 8.00. The number of carbonyl (C=O) groups excluding carboxylic acids is 1. The van der Waals surface area contributed by atoms with E-state index >= 15 is 0 Å². The first-order valence-corrected chi connectivity index (χ1v) is 10.5. The Kier molecular flexibility index (Phi) is 8.81. The van der Waals surface area contributed by atoms with E-state index in [1.54, 1.807) is 7.05 Å². The van der Waals surface area contributed by atoms with Crippen molar-refractivity contribution in [2.75, 3.05) is 33.2 Å². The van der Waals surface area contributed by atoms with Gasteiger partial charge in [-0.25, -0.2) is 0 Å². The van der Waals surface area contributed by atoms with Crippen LogP contribution in [0.2, 0.25) is 0 Å². The summed E-state index contributed by atoms with van der Waals surface area (Å²) in [6.07, 6.45) is 2.74. The molecule has 1 amide bonds. The van der Waals surface area contributed by atoms with Crippen LogP contribution in [0, 0.1) is 5.92 Å². The first-order valence-electron chi connectivity index (χ1n) is 9.58. The number of benzene rings is 1. The average molecular weight is 377 g/mol. The molecule has 0 radical (unpaired) electrons. The number of rotatable bonds is 7. The van der Waals surface area contributed by atoms with Crippen LogP contribution < -0.4 is 10.6 Å². The van der Waals surface area contributed by atoms with Gasteiger partial charge in [0.15, 0.2) is 5.96 Å². The lowest BCUT2D eigenvalue weighted by atomic mass is 9.93. The molecule has 5 nitrogen and oxygen atoms in total. The van der Waals surface area contributed by atoms with Gasteiger partial charge in [-0.3, -0.25) is 9.79 Å². The topological polar surface area (TPSA) is 56.7 Å². The molecule has 0 spiro atoms. The van der Waals surface area contributed by atoms with E-state index in [4.69, 9.17) is 4.99 Å². The van der Waals surface area contributed by atoms with Crippen LogP contribution in [-0.4, -0.2) is 55.2 Å². The lowest BCUT2D eigenvalue weighted by molar-refractivity contribution is -0.121. The van der Waals surface area contributed by atoms with Crippen molar-refractivity contribution < 1.29 is 4.79 Å². The third-order valence-corrected chi connectivity index (χ3v) is 5.68. The zero-order valence-corrected chi connectivity index (χ0v) is 17.0. The molecule has 0 saturated carbocycles. The number of guanidine groups is 1. The van der Waals surface area contributed by atoms with Crippen LogP contribution in [-0.2, 0) is 4.79 Å². The van der Waals surface area contributed by atoms with E-state index in [-0.39, 0.29) is 5.91 Å². The smallest absolute Gasteiger partial charge is 0.220 e. The van der Waals surface area contributed by atoms with Gasteiger partial charge in [-0.1, -0.05) is 25.1 Å². The van der Waals surface area contributed by atoms with E-state index in [0.717, 1.165) is 45.0 Å². The average Bonchev–Trinajstić information content (AvgIpc) is 2.66. The van der Waals surface area contributed by atoms with Gasteiger partial charge in [-0.15, -0.1) is 11.8 Å². The molecule has 2 rings (SSSR count). The van der Waals surface area contributed by atoms with Crippen LogP contribution in [0.3, 0.4) is 0 Å². The molecular formula is C20H32N4OS. The zero-order valence-electron chi connectivity index (χ0n) is 16.2. The molecule has 1 aliphatic heterocycles. The number of hydrogen-bond donors (Lipinski definition) is 2. The van der Waals surface area contributed by atoms with Gasteiger partial charge in [0.25, 0.3) is 0 Å². The second kappa shape index (κ2) is 11.1. The van der Waals surface area contributed by atoms with E-state index in [9.17, 15) is 4.79 Å². The molecule has 1 aromatic rings. The second-order valence-electron chi connectivity index (χ2n) is 6.74. The molecule has 1 fully saturated rings. The van der Waals surface area contributed by atoms with Gasteiger partial charge in [-0.2, -0.15) is 0 Å². The van der Waals surface area contributed by atoms with Crippen molar-refractivity contribution >= 4 is 23.6 Å². The summed E-state index contributed by atoms with van der Waals surface area (Å²) in [5.74, 6) is 1.64. The molecule has 0 aliphatic carbocycles. The quantitative estimate of drug-likeness (QED) is 0.436. The molecule has 0 bridgehead atoms. The van der Waals surface area contributed by atoms with Crippen LogP contribution in [0.4, 0.5) is 0 Å². The highest BCUT2D eigenvalue weighted by Gasteiger charge is 2.23. The fourth-order valence-corrected chi connectivity index (χ4v) is 4.05. The molecule has 1 heterocycles. The number of likely N-dealkylation sites (tertiary alicyclic amines) is 1. The summed E-state index contributed by atoms with van der Waals surface area (Å²) in [7, 11) is 1.71. The number of thioether (sulfide) groups is 1. The maximum Gasteiger partial charge on any atom is 0.220 e. The van der Waals surface area contributed by atoms with Crippen LogP contribution >= 0.6 is 11.8 Å². The van der Waals surface area contributed by atoms with Gasteiger partial charge < -0.3 is 15.5 Å². The highest BCUT2D eigenvalue weighted by Crippen LogP contribution is 2.23. The Balaban J connectivity index is 1.85. The Hall–Kier alpha value is -1.69. The molecule has 26 heavy (non-hydrogen) atoms. The maximum atomic E-state index is 11.6. The Bertz CT molecular complexity index is 570. The monoisotopic (exact) mass is 376 g/mol. The molecule has 6 heteroatoms. The standard InChI is InChI=1S/C20H32N4OS/c1-4-22-20(23-15-16(2)26-18-8-6-5-7-9-18)24-12-10-17(11-13-24)14-19(25)21-3/h5-9,16-17H,4,10-15H2,1-3H3,(H,21,25)(H,22,23). The van der Waals surface area contributed by atoms with Gasteiger partial charge in [0.1, 0.15) is 0 Å². The van der Waals surface area contributed by atoms with Gasteiger partial charge in [0.05, 0.1) is 6.54 Å². The number of nitrogens with one attached hydrogen (secondary N) is 2. The van der Waals surface area contributed by atoms with Crippen LogP contribution in [0.1, 0.15) is 33.1 Å². The van der Waals surface area contributed by atoms with Crippen LogP contribution in [0.25, 0.3) is 0 Å². The first kappa shape index (κ1) is 20.6. The van der Waals surface area contributed by atoms with Crippen molar-refractivity contribution in [3.63, 3.8) is 0 Å². The Morgan fingerprint density at radius 1 is 1.31 bits per heavy atom. The number of piperidine rings is 1. The van der Waals surface area contributed by atoms with E-state index in [2.05, 4.69) is 53.6 Å². The van der Waals surface area contributed by atoms with Crippen LogP contribution in [0.15, 0.2) is 40.2 Å². The van der Waals surface area contributed by atoms with E-state index in [1.165, 1.54) is 4.90 Å². The Morgan fingerprint density at radius 3 is 2.62 bits per heavy atom. The van der Waals surface area contributed by atoms with Gasteiger partial charge >= 0.3 is 0 Å². The molecule has 2 N–H and O–H groups in total. The summed E-state index contributed by atoms with van der Waals surface area (Å²) in [6, 6.07) is 10.5. The summed E-state index contributed by atoms with van der Waals surface area (Å²) in [5, 5.41) is 6.58. The van der Waals surface area contributed by atoms with Crippen molar-refractivity contribution in [3.05, 3.63) is 30.3 Å². The van der Waals surface area contributed by atoms with E-state index < -0.39 is 0 Å². The predicted molar refractivity (Wildman–Crippen MR) is 111 cm³/mol. The summed E-state index contributed by atoms with van der Waals surface area (Å²) in [5.41, 5.74) is 0. The Morgan fingerprint density at radius 2 is 2.00 bits per heavy atom. The molecule has 1 aliphatic rings. The van der Waals surface area contributed by atoms with Crippen molar-refractivity contribution in [2.45, 2.75) is 43.3 Å². The highest BCUT2D eigenvalue weighted by atomic mass is 32.2. The fourth-order valence-electron chi connectivity index (χ4n) is 3.12. The lowest BCUT2D eigenvalue weighted by Crippen LogP contribution is -2.46. The normalized spacial score (nSPS) is 17.0. The number of hydrogen-bond acceptors (Lipinski definition) is 3. The third kappa shape index (κ3) is 6.90. The minimum Gasteiger partial charge on any atom is -0.359 e. The summed E-state index contributed by atoms with van der Waals surface area (Å²) < 4.78 is 0. The summed E-state index contributed by atoms with van der Waals surface area (Å²) in [6.45, 7) is 7.93. The minimum absolute atomic E-state index is 0.149. The van der Waals surface area contributed by atoms with Crippen molar-refractivity contribution in [2.24, 2.45) is 10.9 Å². The number of aliphatic imine (C=N–C) groups is 1. The maximum absolute atomic E-state index is 11.6. The number of carbonyl (C=O) groups is 1. The third-order valence-electron chi connectivity index (χ3n) is 4.58. The van der Waals surface area contributed by atoms with Crippen molar-refractivity contribution in [1.82, 2.24) is 15.5 Å². The number of nitrogens with zero attached hydrogens (tertiary/aromatic N) is 2. The van der Waals surface area contributed by atoms with Crippen molar-refractivity contribution in [1.29, 1.82) is 0 Å². The first-order chi connectivity index (χ1) is 12.6. The van der Waals surface area contributed by atoms with Crippen LogP contribution in [0.5, 0.6) is 0 Å². The summed E-state index contributed by atoms with van der Waals surface area (Å²) in [4.78, 5) is 20.1. The molecule has 1 saturated heterocycles. The summed E-state index contributed by atoms with van der Waals surface area (Å²) >= 11 is 1.86. The predicted octanol–water partition coefficient (Wildman–Crippen LogP) is 2.98. The van der Waals surface area contributed by atoms with Gasteiger partial charge in [0, 0.05) is 43.2 Å². The molecular weight excluding hydrogens is 344 g/mol. The van der Waals surface area contributed by atoms with E-state index in [1.807, 2.05) is 17.8 Å². The molecule has 144 valence electrons. The van der Waals surface area contributed by atoms with E-state index in [0.29, 0.717) is 17.6 Å². The minimum atomic E-state index is 0.149. The molecule has 1 aromatic carbocycles. The zero-order chi connectivity index (χ0) is 18.8. The lowest BCUT2D eigenvalue weighted by Gasteiger charge is -2.34.